The van der Waals surface area contributed by atoms with Gasteiger partial charge in [0.15, 0.2) is 6.10 Å². The van der Waals surface area contributed by atoms with Crippen molar-refractivity contribution in [3.8, 4) is 0 Å². The second kappa shape index (κ2) is 29.1. The van der Waals surface area contributed by atoms with Gasteiger partial charge < -0.3 is 24.6 Å². The van der Waals surface area contributed by atoms with Crippen molar-refractivity contribution < 1.29 is 43.3 Å². The number of carbonyl (C=O) groups excluding carboxylic acids is 4. The minimum Gasteiger partial charge on any atom is -0.481 e. The van der Waals surface area contributed by atoms with Gasteiger partial charge in [0.2, 0.25) is 5.91 Å². The lowest BCUT2D eigenvalue weighted by atomic mass is 10.1. The Hall–Kier alpha value is -2.65. The van der Waals surface area contributed by atoms with E-state index in [0.29, 0.717) is 12.8 Å². The van der Waals surface area contributed by atoms with Gasteiger partial charge in [-0.2, -0.15) is 0 Å². The Morgan fingerprint density at radius 2 is 1.02 bits per heavy atom. The van der Waals surface area contributed by atoms with Crippen molar-refractivity contribution in [1.82, 2.24) is 5.32 Å². The van der Waals surface area contributed by atoms with Crippen LogP contribution in [0.4, 0.5) is 0 Å². The summed E-state index contributed by atoms with van der Waals surface area (Å²) in [5.74, 6) is -3.34. The SMILES string of the molecule is CCCCCCCCCCCC(=O)OCC(COC(=O)[C@H](CCC(=O)O)NC(C)=O)OC(=O)CCCCCCCCCCC. The smallest absolute Gasteiger partial charge is 0.328 e. The molecule has 10 heteroatoms. The molecule has 0 aromatic rings. The van der Waals surface area contributed by atoms with E-state index in [1.54, 1.807) is 0 Å². The number of ether oxygens (including phenoxy) is 3. The molecule has 0 rings (SSSR count). The standard InChI is InChI=1S/C34H61NO9/c1-4-6-8-10-12-14-16-18-20-22-32(39)42-26-29(27-43-34(41)30(35-28(3)36)24-25-31(37)38)44-33(40)23-21-19-17-15-13-11-9-7-5-2/h29-30H,4-27H2,1-3H3,(H,35,36)(H,37,38)/t29?,30-/m0/s1. The molecule has 0 aliphatic heterocycles. The summed E-state index contributed by atoms with van der Waals surface area (Å²) >= 11 is 0. The summed E-state index contributed by atoms with van der Waals surface area (Å²) in [4.78, 5) is 59.9. The van der Waals surface area contributed by atoms with E-state index >= 15 is 0 Å². The summed E-state index contributed by atoms with van der Waals surface area (Å²) in [6.45, 7) is 4.97. The van der Waals surface area contributed by atoms with E-state index in [9.17, 15) is 24.0 Å². The molecular formula is C34H61NO9. The maximum Gasteiger partial charge on any atom is 0.328 e. The van der Waals surface area contributed by atoms with Crippen molar-refractivity contribution >= 4 is 29.8 Å². The second-order valence-electron chi connectivity index (χ2n) is 11.8. The highest BCUT2D eigenvalue weighted by Crippen LogP contribution is 2.13. The summed E-state index contributed by atoms with van der Waals surface area (Å²) in [5.41, 5.74) is 0. The van der Waals surface area contributed by atoms with Gasteiger partial charge in [0.1, 0.15) is 19.3 Å². The Morgan fingerprint density at radius 3 is 1.48 bits per heavy atom. The van der Waals surface area contributed by atoms with Gasteiger partial charge in [-0.1, -0.05) is 117 Å². The van der Waals surface area contributed by atoms with Crippen molar-refractivity contribution in [3.63, 3.8) is 0 Å². The molecular weight excluding hydrogens is 566 g/mol. The van der Waals surface area contributed by atoms with Crippen LogP contribution in [0, 0.1) is 0 Å². The van der Waals surface area contributed by atoms with Gasteiger partial charge in [-0.15, -0.1) is 0 Å². The number of hydrogen-bond acceptors (Lipinski definition) is 8. The number of carboxylic acid groups (broad SMARTS) is 1. The molecule has 0 saturated heterocycles. The Bertz CT molecular complexity index is 787. The van der Waals surface area contributed by atoms with Crippen LogP contribution < -0.4 is 5.32 Å². The molecule has 0 aliphatic rings. The van der Waals surface area contributed by atoms with Crippen LogP contribution >= 0.6 is 0 Å². The fourth-order valence-electron chi connectivity index (χ4n) is 4.82. The first-order valence-corrected chi connectivity index (χ1v) is 17.2. The summed E-state index contributed by atoms with van der Waals surface area (Å²) in [6, 6.07) is -1.16. The number of carbonyl (C=O) groups is 5. The molecule has 0 radical (unpaired) electrons. The van der Waals surface area contributed by atoms with Crippen molar-refractivity contribution in [2.24, 2.45) is 0 Å². The number of aliphatic carboxylic acids is 1. The molecule has 0 aromatic heterocycles. The first-order valence-electron chi connectivity index (χ1n) is 17.2. The third-order valence-corrected chi connectivity index (χ3v) is 7.42. The van der Waals surface area contributed by atoms with Crippen LogP contribution in [0.3, 0.4) is 0 Å². The van der Waals surface area contributed by atoms with E-state index in [0.717, 1.165) is 38.5 Å². The molecule has 0 spiro atoms. The number of carboxylic acids is 1. The van der Waals surface area contributed by atoms with Crippen LogP contribution in [0.15, 0.2) is 0 Å². The van der Waals surface area contributed by atoms with Crippen LogP contribution in [0.25, 0.3) is 0 Å². The lowest BCUT2D eigenvalue weighted by Gasteiger charge is -2.21. The highest BCUT2D eigenvalue weighted by Gasteiger charge is 2.25. The van der Waals surface area contributed by atoms with Crippen LogP contribution in [0.1, 0.15) is 162 Å². The van der Waals surface area contributed by atoms with Crippen molar-refractivity contribution in [2.75, 3.05) is 13.2 Å². The molecule has 0 saturated carbocycles. The van der Waals surface area contributed by atoms with Crippen LogP contribution in [-0.4, -0.2) is 60.3 Å². The third kappa shape index (κ3) is 26.9. The number of hydrogen-bond donors (Lipinski definition) is 2. The summed E-state index contributed by atoms with van der Waals surface area (Å²) in [7, 11) is 0. The number of amides is 1. The molecule has 10 nitrogen and oxygen atoms in total. The molecule has 0 heterocycles. The van der Waals surface area contributed by atoms with E-state index in [4.69, 9.17) is 19.3 Å². The van der Waals surface area contributed by atoms with Gasteiger partial charge in [0.05, 0.1) is 0 Å². The van der Waals surface area contributed by atoms with E-state index in [-0.39, 0.29) is 38.9 Å². The first kappa shape index (κ1) is 41.4. The molecule has 256 valence electrons. The van der Waals surface area contributed by atoms with Crippen molar-refractivity contribution in [3.05, 3.63) is 0 Å². The molecule has 0 aromatic carbocycles. The zero-order valence-electron chi connectivity index (χ0n) is 27.8. The van der Waals surface area contributed by atoms with Gasteiger partial charge in [-0.3, -0.25) is 19.2 Å². The van der Waals surface area contributed by atoms with Gasteiger partial charge in [-0.05, 0) is 19.3 Å². The summed E-state index contributed by atoms with van der Waals surface area (Å²) in [6.07, 6.45) is 19.1. The topological polar surface area (TPSA) is 145 Å². The monoisotopic (exact) mass is 627 g/mol. The van der Waals surface area contributed by atoms with E-state index in [1.807, 2.05) is 0 Å². The Kier molecular flexibility index (Phi) is 27.3. The summed E-state index contributed by atoms with van der Waals surface area (Å²) in [5, 5.41) is 11.3. The normalized spacial score (nSPS) is 12.2. The van der Waals surface area contributed by atoms with Crippen molar-refractivity contribution in [1.29, 1.82) is 0 Å². The third-order valence-electron chi connectivity index (χ3n) is 7.42. The van der Waals surface area contributed by atoms with Crippen molar-refractivity contribution in [2.45, 2.75) is 174 Å². The lowest BCUT2D eigenvalue weighted by Crippen LogP contribution is -2.42. The zero-order chi connectivity index (χ0) is 32.8. The predicted molar refractivity (Wildman–Crippen MR) is 170 cm³/mol. The highest BCUT2D eigenvalue weighted by molar-refractivity contribution is 5.83. The molecule has 1 amide bonds. The average molecular weight is 628 g/mol. The predicted octanol–water partition coefficient (Wildman–Crippen LogP) is 7.20. The van der Waals surface area contributed by atoms with Crippen LogP contribution in [-0.2, 0) is 38.2 Å². The fraction of sp³-hybridized carbons (Fsp3) is 0.853. The number of nitrogens with one attached hydrogen (secondary N) is 1. The average Bonchev–Trinajstić information content (AvgIpc) is 2.98. The molecule has 44 heavy (non-hydrogen) atoms. The van der Waals surface area contributed by atoms with Gasteiger partial charge in [0, 0.05) is 26.2 Å². The molecule has 0 aliphatic carbocycles. The van der Waals surface area contributed by atoms with Gasteiger partial charge in [-0.25, -0.2) is 4.79 Å². The van der Waals surface area contributed by atoms with Crippen LogP contribution in [0.5, 0.6) is 0 Å². The second-order valence-corrected chi connectivity index (χ2v) is 11.8. The molecule has 2 N–H and O–H groups in total. The van der Waals surface area contributed by atoms with E-state index < -0.39 is 41.9 Å². The Balaban J connectivity index is 4.71. The minimum absolute atomic E-state index is 0.148. The number of unbranched alkanes of at least 4 members (excludes halogenated alkanes) is 16. The maximum atomic E-state index is 12.6. The van der Waals surface area contributed by atoms with E-state index in [1.165, 1.54) is 71.1 Å². The molecule has 0 bridgehead atoms. The fourth-order valence-corrected chi connectivity index (χ4v) is 4.82. The van der Waals surface area contributed by atoms with Gasteiger partial charge in [0.25, 0.3) is 0 Å². The van der Waals surface area contributed by atoms with E-state index in [2.05, 4.69) is 19.2 Å². The lowest BCUT2D eigenvalue weighted by molar-refractivity contribution is -0.168. The molecule has 1 unspecified atom stereocenters. The van der Waals surface area contributed by atoms with Gasteiger partial charge >= 0.3 is 23.9 Å². The summed E-state index contributed by atoms with van der Waals surface area (Å²) < 4.78 is 16.1. The zero-order valence-corrected chi connectivity index (χ0v) is 27.8. The maximum absolute atomic E-state index is 12.6. The Labute approximate surface area is 265 Å². The Morgan fingerprint density at radius 1 is 0.591 bits per heavy atom. The largest absolute Gasteiger partial charge is 0.481 e. The number of esters is 3. The molecule has 0 fully saturated rings. The highest BCUT2D eigenvalue weighted by atomic mass is 16.6. The minimum atomic E-state index is -1.16. The number of rotatable bonds is 30. The quantitative estimate of drug-likeness (QED) is 0.0480. The van der Waals surface area contributed by atoms with Crippen LogP contribution in [0.2, 0.25) is 0 Å². The molecule has 2 atom stereocenters. The first-order chi connectivity index (χ1) is 21.2.